The zero-order valence-corrected chi connectivity index (χ0v) is 7.29. The lowest BCUT2D eigenvalue weighted by atomic mass is 10.1. The van der Waals surface area contributed by atoms with Crippen LogP contribution in [0.5, 0.6) is 0 Å². The summed E-state index contributed by atoms with van der Waals surface area (Å²) >= 11 is 1.72. The van der Waals surface area contributed by atoms with Gasteiger partial charge in [-0.3, -0.25) is 0 Å². The predicted octanol–water partition coefficient (Wildman–Crippen LogP) is 2.13. The molecular formula is C9H8N2S. The van der Waals surface area contributed by atoms with Gasteiger partial charge in [0.05, 0.1) is 0 Å². The van der Waals surface area contributed by atoms with Crippen LogP contribution in [0.25, 0.3) is 0 Å². The normalized spacial score (nSPS) is 10.0. The van der Waals surface area contributed by atoms with Crippen molar-refractivity contribution in [2.75, 3.05) is 0 Å². The molecule has 3 heteroatoms. The van der Waals surface area contributed by atoms with E-state index in [4.69, 9.17) is 0 Å². The molecule has 0 N–H and O–H groups in total. The monoisotopic (exact) mass is 176 g/mol. The van der Waals surface area contributed by atoms with Gasteiger partial charge in [-0.25, -0.2) is 9.97 Å². The molecular weight excluding hydrogens is 168 g/mol. The van der Waals surface area contributed by atoms with Crippen molar-refractivity contribution in [3.8, 4) is 0 Å². The fourth-order valence-electron chi connectivity index (χ4n) is 1.05. The van der Waals surface area contributed by atoms with Crippen molar-refractivity contribution in [1.29, 1.82) is 0 Å². The molecule has 2 rings (SSSR count). The summed E-state index contributed by atoms with van der Waals surface area (Å²) < 4.78 is 0. The van der Waals surface area contributed by atoms with E-state index >= 15 is 0 Å². The molecule has 0 unspecified atom stereocenters. The van der Waals surface area contributed by atoms with Crippen molar-refractivity contribution in [2.45, 2.75) is 6.42 Å². The fourth-order valence-corrected chi connectivity index (χ4v) is 1.72. The first kappa shape index (κ1) is 7.43. The van der Waals surface area contributed by atoms with Crippen molar-refractivity contribution in [3.05, 3.63) is 46.7 Å². The molecule has 2 aromatic rings. The quantitative estimate of drug-likeness (QED) is 0.700. The first-order chi connectivity index (χ1) is 5.95. The highest BCUT2D eigenvalue weighted by Gasteiger charge is 1.95. The lowest BCUT2D eigenvalue weighted by molar-refractivity contribution is 1.07. The first-order valence-electron chi connectivity index (χ1n) is 3.70. The van der Waals surface area contributed by atoms with Crippen LogP contribution in [0.2, 0.25) is 0 Å². The minimum atomic E-state index is 0.935. The molecule has 0 atom stereocenters. The Morgan fingerprint density at radius 2 is 2.00 bits per heavy atom. The molecule has 0 saturated carbocycles. The van der Waals surface area contributed by atoms with E-state index < -0.39 is 0 Å². The Balaban J connectivity index is 2.15. The molecule has 2 nitrogen and oxygen atoms in total. The summed E-state index contributed by atoms with van der Waals surface area (Å²) in [5, 5.41) is 4.23. The molecule has 0 fully saturated rings. The van der Waals surface area contributed by atoms with Gasteiger partial charge in [-0.1, -0.05) is 0 Å². The molecule has 0 aliphatic carbocycles. The van der Waals surface area contributed by atoms with Gasteiger partial charge in [0.25, 0.3) is 0 Å². The number of aromatic nitrogens is 2. The van der Waals surface area contributed by atoms with Crippen molar-refractivity contribution in [1.82, 2.24) is 9.97 Å². The summed E-state index contributed by atoms with van der Waals surface area (Å²) in [6, 6.07) is 2.12. The van der Waals surface area contributed by atoms with Crippen LogP contribution in [-0.2, 0) is 6.42 Å². The summed E-state index contributed by atoms with van der Waals surface area (Å²) in [5.41, 5.74) is 2.49. The fraction of sp³-hybridized carbons (Fsp3) is 0.111. The van der Waals surface area contributed by atoms with E-state index in [0.29, 0.717) is 0 Å². The number of rotatable bonds is 2. The Kier molecular flexibility index (Phi) is 2.14. The molecule has 12 heavy (non-hydrogen) atoms. The molecule has 0 amide bonds. The number of thiophene rings is 1. The number of hydrogen-bond acceptors (Lipinski definition) is 3. The second-order valence-corrected chi connectivity index (χ2v) is 3.34. The molecule has 0 aliphatic rings. The summed E-state index contributed by atoms with van der Waals surface area (Å²) in [7, 11) is 0. The zero-order valence-electron chi connectivity index (χ0n) is 6.47. The molecule has 0 radical (unpaired) electrons. The largest absolute Gasteiger partial charge is 0.245 e. The van der Waals surface area contributed by atoms with Gasteiger partial charge in [0.15, 0.2) is 0 Å². The molecule has 2 heterocycles. The third-order valence-electron chi connectivity index (χ3n) is 1.60. The molecule has 0 bridgehead atoms. The smallest absolute Gasteiger partial charge is 0.115 e. The molecule has 0 spiro atoms. The van der Waals surface area contributed by atoms with Crippen LogP contribution >= 0.6 is 11.3 Å². The van der Waals surface area contributed by atoms with E-state index in [1.807, 2.05) is 12.4 Å². The topological polar surface area (TPSA) is 25.8 Å². The zero-order chi connectivity index (χ0) is 8.23. The summed E-state index contributed by atoms with van der Waals surface area (Å²) in [5.74, 6) is 0. The van der Waals surface area contributed by atoms with Crippen LogP contribution in [0.1, 0.15) is 11.1 Å². The van der Waals surface area contributed by atoms with E-state index in [2.05, 4.69) is 26.8 Å². The van der Waals surface area contributed by atoms with Crippen LogP contribution in [0.4, 0.5) is 0 Å². The van der Waals surface area contributed by atoms with Crippen LogP contribution in [0, 0.1) is 0 Å². The van der Waals surface area contributed by atoms with Gasteiger partial charge in [0.1, 0.15) is 6.33 Å². The molecule has 60 valence electrons. The van der Waals surface area contributed by atoms with Crippen LogP contribution < -0.4 is 0 Å². The van der Waals surface area contributed by atoms with Gasteiger partial charge >= 0.3 is 0 Å². The summed E-state index contributed by atoms with van der Waals surface area (Å²) in [4.78, 5) is 7.92. The van der Waals surface area contributed by atoms with E-state index in [1.165, 1.54) is 5.56 Å². The Morgan fingerprint density at radius 1 is 1.17 bits per heavy atom. The second kappa shape index (κ2) is 3.45. The second-order valence-electron chi connectivity index (χ2n) is 2.56. The summed E-state index contributed by atoms with van der Waals surface area (Å²) in [6.45, 7) is 0. The van der Waals surface area contributed by atoms with Gasteiger partial charge in [-0.2, -0.15) is 11.3 Å². The standard InChI is InChI=1S/C9H8N2S/c1-2-12-6-8(1)3-9-4-10-7-11-5-9/h1-2,4-7H,3H2. The molecule has 2 aromatic heterocycles. The van der Waals surface area contributed by atoms with Crippen molar-refractivity contribution >= 4 is 11.3 Å². The molecule has 0 aromatic carbocycles. The average Bonchev–Trinajstić information content (AvgIpc) is 2.59. The van der Waals surface area contributed by atoms with E-state index in [0.717, 1.165) is 12.0 Å². The molecule has 0 saturated heterocycles. The first-order valence-corrected chi connectivity index (χ1v) is 4.64. The highest BCUT2D eigenvalue weighted by molar-refractivity contribution is 7.07. The van der Waals surface area contributed by atoms with Crippen LogP contribution in [-0.4, -0.2) is 9.97 Å². The highest BCUT2D eigenvalue weighted by Crippen LogP contribution is 2.10. The Morgan fingerprint density at radius 3 is 2.67 bits per heavy atom. The number of nitrogens with zero attached hydrogens (tertiary/aromatic N) is 2. The lowest BCUT2D eigenvalue weighted by Crippen LogP contribution is -1.87. The SMILES string of the molecule is c1ncc(Cc2ccsc2)cn1. The highest BCUT2D eigenvalue weighted by atomic mass is 32.1. The van der Waals surface area contributed by atoms with E-state index in [1.54, 1.807) is 17.7 Å². The van der Waals surface area contributed by atoms with Gasteiger partial charge in [-0.05, 0) is 28.0 Å². The van der Waals surface area contributed by atoms with E-state index in [-0.39, 0.29) is 0 Å². The van der Waals surface area contributed by atoms with Gasteiger partial charge in [-0.15, -0.1) is 0 Å². The van der Waals surface area contributed by atoms with Crippen LogP contribution in [0.15, 0.2) is 35.5 Å². The van der Waals surface area contributed by atoms with Crippen molar-refractivity contribution in [2.24, 2.45) is 0 Å². The van der Waals surface area contributed by atoms with Crippen LogP contribution in [0.3, 0.4) is 0 Å². The third-order valence-corrected chi connectivity index (χ3v) is 2.33. The average molecular weight is 176 g/mol. The Labute approximate surface area is 74.9 Å². The maximum absolute atomic E-state index is 3.96. The van der Waals surface area contributed by atoms with Crippen molar-refractivity contribution in [3.63, 3.8) is 0 Å². The summed E-state index contributed by atoms with van der Waals surface area (Å²) in [6.07, 6.45) is 6.19. The molecule has 0 aliphatic heterocycles. The third kappa shape index (κ3) is 1.68. The van der Waals surface area contributed by atoms with Gasteiger partial charge in [0.2, 0.25) is 0 Å². The van der Waals surface area contributed by atoms with Gasteiger partial charge < -0.3 is 0 Å². The minimum absolute atomic E-state index is 0.935. The van der Waals surface area contributed by atoms with E-state index in [9.17, 15) is 0 Å². The maximum Gasteiger partial charge on any atom is 0.115 e. The minimum Gasteiger partial charge on any atom is -0.245 e. The number of hydrogen-bond donors (Lipinski definition) is 0. The predicted molar refractivity (Wildman–Crippen MR) is 49.2 cm³/mol. The Bertz CT molecular complexity index is 329. The van der Waals surface area contributed by atoms with Crippen molar-refractivity contribution < 1.29 is 0 Å². The lowest BCUT2D eigenvalue weighted by Gasteiger charge is -1.95. The maximum atomic E-state index is 3.96. The van der Waals surface area contributed by atoms with Gasteiger partial charge in [0, 0.05) is 18.8 Å². The Hall–Kier alpha value is -1.22.